The Balaban J connectivity index is 1.29. The molecule has 33 heavy (non-hydrogen) atoms. The van der Waals surface area contributed by atoms with Crippen molar-refractivity contribution in [3.05, 3.63) is 70.3 Å². The average molecular weight is 448 g/mol. The summed E-state index contributed by atoms with van der Waals surface area (Å²) < 4.78 is 0. The highest BCUT2D eigenvalue weighted by Gasteiger charge is 2.38. The van der Waals surface area contributed by atoms with Gasteiger partial charge in [-0.25, -0.2) is 0 Å². The molecule has 1 N–H and O–H groups in total. The highest BCUT2D eigenvalue weighted by molar-refractivity contribution is 6.01. The molecular formula is C28H37N3O2. The number of nitrogens with zero attached hydrogens (tertiary/aromatic N) is 2. The second kappa shape index (κ2) is 10.1. The van der Waals surface area contributed by atoms with Crippen molar-refractivity contribution in [2.75, 3.05) is 19.6 Å². The molecule has 2 aliphatic heterocycles. The van der Waals surface area contributed by atoms with E-state index >= 15 is 0 Å². The van der Waals surface area contributed by atoms with Gasteiger partial charge in [-0.05, 0) is 74.4 Å². The summed E-state index contributed by atoms with van der Waals surface area (Å²) >= 11 is 0. The van der Waals surface area contributed by atoms with E-state index in [1.807, 2.05) is 38.1 Å². The minimum absolute atomic E-state index is 0.0241. The number of nitrogens with one attached hydrogen (secondary N) is 1. The molecule has 0 bridgehead atoms. The van der Waals surface area contributed by atoms with Gasteiger partial charge in [-0.15, -0.1) is 0 Å². The molecule has 5 nitrogen and oxygen atoms in total. The number of benzene rings is 2. The number of aryl methyl sites for hydroxylation is 2. The Bertz CT molecular complexity index is 1010. The topological polar surface area (TPSA) is 52.7 Å². The third-order valence-electron chi connectivity index (χ3n) is 7.26. The molecule has 5 heteroatoms. The van der Waals surface area contributed by atoms with Crippen LogP contribution in [0.25, 0.3) is 0 Å². The van der Waals surface area contributed by atoms with Crippen molar-refractivity contribution in [1.82, 2.24) is 15.1 Å². The van der Waals surface area contributed by atoms with Crippen LogP contribution in [-0.2, 0) is 17.9 Å². The van der Waals surface area contributed by atoms with E-state index < -0.39 is 6.04 Å². The van der Waals surface area contributed by atoms with Crippen molar-refractivity contribution in [3.8, 4) is 0 Å². The lowest BCUT2D eigenvalue weighted by Gasteiger charge is -2.34. The zero-order chi connectivity index (χ0) is 23.5. The van der Waals surface area contributed by atoms with Crippen molar-refractivity contribution in [2.24, 2.45) is 11.8 Å². The van der Waals surface area contributed by atoms with Gasteiger partial charge in [0.1, 0.15) is 6.04 Å². The van der Waals surface area contributed by atoms with E-state index in [1.165, 1.54) is 16.7 Å². The van der Waals surface area contributed by atoms with Gasteiger partial charge in [0.05, 0.1) is 0 Å². The van der Waals surface area contributed by atoms with E-state index in [1.54, 1.807) is 4.90 Å². The molecule has 2 heterocycles. The van der Waals surface area contributed by atoms with Crippen LogP contribution in [0, 0.1) is 25.7 Å². The van der Waals surface area contributed by atoms with Gasteiger partial charge in [-0.3, -0.25) is 14.5 Å². The first kappa shape index (κ1) is 23.5. The molecule has 2 amide bonds. The second-order valence-corrected chi connectivity index (χ2v) is 10.2. The molecule has 0 radical (unpaired) electrons. The predicted octanol–water partition coefficient (Wildman–Crippen LogP) is 4.31. The zero-order valence-electron chi connectivity index (χ0n) is 20.4. The van der Waals surface area contributed by atoms with Crippen LogP contribution in [0.1, 0.15) is 59.3 Å². The lowest BCUT2D eigenvalue weighted by Crippen LogP contribution is -2.51. The van der Waals surface area contributed by atoms with Crippen molar-refractivity contribution < 1.29 is 9.59 Å². The van der Waals surface area contributed by atoms with Crippen LogP contribution in [-0.4, -0.2) is 47.3 Å². The monoisotopic (exact) mass is 447 g/mol. The zero-order valence-corrected chi connectivity index (χ0v) is 20.4. The highest BCUT2D eigenvalue weighted by Crippen LogP contribution is 2.27. The maximum atomic E-state index is 13.2. The van der Waals surface area contributed by atoms with E-state index in [-0.39, 0.29) is 17.7 Å². The first-order valence-electron chi connectivity index (χ1n) is 12.3. The van der Waals surface area contributed by atoms with Crippen LogP contribution >= 0.6 is 0 Å². The summed E-state index contributed by atoms with van der Waals surface area (Å²) in [6, 6.07) is 13.9. The van der Waals surface area contributed by atoms with Gasteiger partial charge in [-0.2, -0.15) is 0 Å². The fourth-order valence-electron chi connectivity index (χ4n) is 5.22. The summed E-state index contributed by atoms with van der Waals surface area (Å²) in [5.41, 5.74) is 5.82. The number of carbonyl (C=O) groups excluding carboxylic acids is 2. The van der Waals surface area contributed by atoms with Gasteiger partial charge in [-0.1, -0.05) is 55.8 Å². The van der Waals surface area contributed by atoms with Gasteiger partial charge in [0, 0.05) is 25.2 Å². The Labute approximate surface area is 198 Å². The first-order chi connectivity index (χ1) is 15.8. The number of hydrogen-bond acceptors (Lipinski definition) is 3. The fourth-order valence-corrected chi connectivity index (χ4v) is 5.22. The van der Waals surface area contributed by atoms with Gasteiger partial charge in [0.25, 0.3) is 5.91 Å². The maximum Gasteiger partial charge on any atom is 0.255 e. The summed E-state index contributed by atoms with van der Waals surface area (Å²) in [4.78, 5) is 30.4. The SMILES string of the molecule is Cc1ccc(C)c(CN2CCC(CNC(=O)C(C(C)C)N3Cc4ccccc4C3=O)CC2)c1. The number of hydrogen-bond donors (Lipinski definition) is 1. The van der Waals surface area contributed by atoms with E-state index in [2.05, 4.69) is 42.3 Å². The number of carbonyl (C=O) groups is 2. The molecule has 1 unspecified atom stereocenters. The lowest BCUT2D eigenvalue weighted by atomic mass is 9.95. The Kier molecular flexibility index (Phi) is 7.18. The highest BCUT2D eigenvalue weighted by atomic mass is 16.2. The molecule has 2 aromatic carbocycles. The average Bonchev–Trinajstić information content (AvgIpc) is 3.12. The molecular weight excluding hydrogens is 410 g/mol. The summed E-state index contributed by atoms with van der Waals surface area (Å²) in [6.45, 7) is 12.7. The molecule has 4 rings (SSSR count). The molecule has 2 aliphatic rings. The molecule has 2 aromatic rings. The quantitative estimate of drug-likeness (QED) is 0.688. The number of piperidine rings is 1. The van der Waals surface area contributed by atoms with Gasteiger partial charge >= 0.3 is 0 Å². The Hall–Kier alpha value is -2.66. The van der Waals surface area contributed by atoms with E-state index in [0.717, 1.165) is 43.6 Å². The Morgan fingerprint density at radius 1 is 1.09 bits per heavy atom. The predicted molar refractivity (Wildman–Crippen MR) is 132 cm³/mol. The van der Waals surface area contributed by atoms with E-state index in [0.29, 0.717) is 19.0 Å². The summed E-state index contributed by atoms with van der Waals surface area (Å²) in [5, 5.41) is 3.19. The number of fused-ring (bicyclic) bond motifs is 1. The normalized spacial score (nSPS) is 18.0. The van der Waals surface area contributed by atoms with Gasteiger partial charge in [0.2, 0.25) is 5.91 Å². The molecule has 1 atom stereocenters. The Morgan fingerprint density at radius 2 is 1.82 bits per heavy atom. The summed E-state index contributed by atoms with van der Waals surface area (Å²) in [5.74, 6) is 0.494. The smallest absolute Gasteiger partial charge is 0.255 e. The molecule has 176 valence electrons. The first-order valence-corrected chi connectivity index (χ1v) is 12.3. The molecule has 0 aromatic heterocycles. The third-order valence-corrected chi connectivity index (χ3v) is 7.26. The standard InChI is InChI=1S/C28H37N3O2/c1-19(2)26(31-18-23-7-5-6-8-25(23)28(31)33)27(32)29-16-22-11-13-30(14-12-22)17-24-15-20(3)9-10-21(24)4/h5-10,15,19,22,26H,11-14,16-18H2,1-4H3,(H,29,32). The van der Waals surface area contributed by atoms with Crippen molar-refractivity contribution in [2.45, 2.75) is 59.7 Å². The van der Waals surface area contributed by atoms with Gasteiger partial charge < -0.3 is 10.2 Å². The number of rotatable bonds is 7. The van der Waals surface area contributed by atoms with Crippen LogP contribution in [0.3, 0.4) is 0 Å². The van der Waals surface area contributed by atoms with Crippen molar-refractivity contribution in [3.63, 3.8) is 0 Å². The Morgan fingerprint density at radius 3 is 2.52 bits per heavy atom. The fraction of sp³-hybridized carbons (Fsp3) is 0.500. The molecule has 0 spiro atoms. The van der Waals surface area contributed by atoms with Crippen LogP contribution in [0.4, 0.5) is 0 Å². The van der Waals surface area contributed by atoms with Crippen molar-refractivity contribution in [1.29, 1.82) is 0 Å². The van der Waals surface area contributed by atoms with Crippen LogP contribution in [0.2, 0.25) is 0 Å². The van der Waals surface area contributed by atoms with Crippen LogP contribution < -0.4 is 5.32 Å². The molecule has 0 aliphatic carbocycles. The molecule has 1 saturated heterocycles. The van der Waals surface area contributed by atoms with E-state index in [9.17, 15) is 9.59 Å². The third kappa shape index (κ3) is 5.30. The largest absolute Gasteiger partial charge is 0.354 e. The van der Waals surface area contributed by atoms with Crippen molar-refractivity contribution >= 4 is 11.8 Å². The lowest BCUT2D eigenvalue weighted by molar-refractivity contribution is -0.127. The molecule has 0 saturated carbocycles. The van der Waals surface area contributed by atoms with Gasteiger partial charge in [0.15, 0.2) is 0 Å². The van der Waals surface area contributed by atoms with Crippen LogP contribution in [0.5, 0.6) is 0 Å². The number of likely N-dealkylation sites (tertiary alicyclic amines) is 1. The van der Waals surface area contributed by atoms with E-state index in [4.69, 9.17) is 0 Å². The molecule has 1 fully saturated rings. The maximum absolute atomic E-state index is 13.2. The van der Waals surface area contributed by atoms with Crippen LogP contribution in [0.15, 0.2) is 42.5 Å². The minimum atomic E-state index is -0.436. The summed E-state index contributed by atoms with van der Waals surface area (Å²) in [7, 11) is 0. The minimum Gasteiger partial charge on any atom is -0.354 e. The second-order valence-electron chi connectivity index (χ2n) is 10.2. The number of amides is 2. The summed E-state index contributed by atoms with van der Waals surface area (Å²) in [6.07, 6.45) is 2.18.